The van der Waals surface area contributed by atoms with Gasteiger partial charge in [0.1, 0.15) is 5.65 Å². The maximum absolute atomic E-state index is 12.2. The third-order valence-corrected chi connectivity index (χ3v) is 4.84. The molecule has 0 bridgehead atoms. The van der Waals surface area contributed by atoms with Crippen LogP contribution in [0.3, 0.4) is 0 Å². The van der Waals surface area contributed by atoms with Crippen molar-refractivity contribution in [2.24, 2.45) is 0 Å². The highest BCUT2D eigenvalue weighted by Crippen LogP contribution is 2.28. The first kappa shape index (κ1) is 22.0. The van der Waals surface area contributed by atoms with Gasteiger partial charge >= 0.3 is 12.1 Å². The molecule has 1 aromatic carbocycles. The molecular weight excluding hydrogens is 415 g/mol. The highest BCUT2D eigenvalue weighted by molar-refractivity contribution is 5.77. The number of hydrogen-bond acceptors (Lipinski definition) is 5. The standard InChI is InChI=1S/C18H17N5O.C2HF3O2/c19-10-12-2-1-3-14(8-12)15-11-21-23-16(9-17(24)22-18(15)23)13-4-6-20-7-5-13;3-2(4,5)1(6)7/h1-3,8-9,11,13,20H,4-7H2,(H,22,24);(H,6,7). The second-order valence-corrected chi connectivity index (χ2v) is 6.90. The Bertz CT molecular complexity index is 1190. The van der Waals surface area contributed by atoms with Crippen molar-refractivity contribution in [3.63, 3.8) is 0 Å². The molecule has 0 aliphatic carbocycles. The molecule has 2 aromatic heterocycles. The summed E-state index contributed by atoms with van der Waals surface area (Å²) in [4.78, 5) is 24.0. The highest BCUT2D eigenvalue weighted by atomic mass is 19.4. The molecule has 0 saturated carbocycles. The van der Waals surface area contributed by atoms with Gasteiger partial charge in [0, 0.05) is 17.5 Å². The van der Waals surface area contributed by atoms with Crippen LogP contribution in [0, 0.1) is 11.3 Å². The van der Waals surface area contributed by atoms with Gasteiger partial charge in [-0.15, -0.1) is 0 Å². The van der Waals surface area contributed by atoms with E-state index in [0.29, 0.717) is 17.1 Å². The van der Waals surface area contributed by atoms with E-state index in [2.05, 4.69) is 21.5 Å². The Labute approximate surface area is 173 Å². The van der Waals surface area contributed by atoms with Crippen LogP contribution in [0.25, 0.3) is 16.8 Å². The van der Waals surface area contributed by atoms with Crippen molar-refractivity contribution in [3.05, 3.63) is 58.1 Å². The summed E-state index contributed by atoms with van der Waals surface area (Å²) in [5, 5.41) is 24.1. The predicted octanol–water partition coefficient (Wildman–Crippen LogP) is 2.66. The molecule has 162 valence electrons. The van der Waals surface area contributed by atoms with Crippen molar-refractivity contribution in [2.75, 3.05) is 13.1 Å². The van der Waals surface area contributed by atoms with E-state index in [1.807, 2.05) is 22.7 Å². The summed E-state index contributed by atoms with van der Waals surface area (Å²) in [6, 6.07) is 11.1. The first-order chi connectivity index (χ1) is 14.7. The molecule has 3 heterocycles. The summed E-state index contributed by atoms with van der Waals surface area (Å²) in [6.45, 7) is 1.91. The number of aliphatic carboxylic acids is 1. The number of piperidine rings is 1. The number of hydrogen-bond donors (Lipinski definition) is 3. The summed E-state index contributed by atoms with van der Waals surface area (Å²) >= 11 is 0. The van der Waals surface area contributed by atoms with Crippen molar-refractivity contribution in [3.8, 4) is 17.2 Å². The number of benzene rings is 1. The van der Waals surface area contributed by atoms with Crippen molar-refractivity contribution in [2.45, 2.75) is 24.9 Å². The van der Waals surface area contributed by atoms with E-state index in [-0.39, 0.29) is 5.56 Å². The molecule has 0 amide bonds. The number of nitrogens with one attached hydrogen (secondary N) is 2. The smallest absolute Gasteiger partial charge is 0.475 e. The van der Waals surface area contributed by atoms with E-state index in [9.17, 15) is 18.0 Å². The van der Waals surface area contributed by atoms with Gasteiger partial charge in [0.15, 0.2) is 0 Å². The topological polar surface area (TPSA) is 123 Å². The van der Waals surface area contributed by atoms with Crippen LogP contribution in [0.4, 0.5) is 13.2 Å². The monoisotopic (exact) mass is 433 g/mol. The Kier molecular flexibility index (Phi) is 6.41. The van der Waals surface area contributed by atoms with E-state index >= 15 is 0 Å². The fourth-order valence-electron chi connectivity index (χ4n) is 3.39. The molecule has 3 N–H and O–H groups in total. The second kappa shape index (κ2) is 9.01. The maximum atomic E-state index is 12.2. The Morgan fingerprint density at radius 2 is 1.94 bits per heavy atom. The van der Waals surface area contributed by atoms with Gasteiger partial charge in [-0.25, -0.2) is 9.31 Å². The van der Waals surface area contributed by atoms with Crippen molar-refractivity contribution < 1.29 is 23.1 Å². The lowest BCUT2D eigenvalue weighted by Crippen LogP contribution is -2.28. The van der Waals surface area contributed by atoms with E-state index in [1.54, 1.807) is 18.3 Å². The number of halogens is 3. The second-order valence-electron chi connectivity index (χ2n) is 6.90. The highest BCUT2D eigenvalue weighted by Gasteiger charge is 2.38. The Morgan fingerprint density at radius 1 is 1.26 bits per heavy atom. The molecule has 11 heteroatoms. The first-order valence-electron chi connectivity index (χ1n) is 9.33. The number of alkyl halides is 3. The van der Waals surface area contributed by atoms with Gasteiger partial charge in [-0.3, -0.25) is 4.79 Å². The summed E-state index contributed by atoms with van der Waals surface area (Å²) < 4.78 is 33.6. The number of carboxylic acids is 1. The van der Waals surface area contributed by atoms with E-state index in [1.165, 1.54) is 0 Å². The predicted molar refractivity (Wildman–Crippen MR) is 104 cm³/mol. The number of fused-ring (bicyclic) bond motifs is 1. The number of carboxylic acid groups (broad SMARTS) is 1. The minimum absolute atomic E-state index is 0.116. The van der Waals surface area contributed by atoms with Gasteiger partial charge in [-0.05, 0) is 43.6 Å². The summed E-state index contributed by atoms with van der Waals surface area (Å²) in [5.41, 5.74) is 3.82. The van der Waals surface area contributed by atoms with Gasteiger partial charge in [-0.2, -0.15) is 23.5 Å². The van der Waals surface area contributed by atoms with Crippen LogP contribution in [0.2, 0.25) is 0 Å². The van der Waals surface area contributed by atoms with Gasteiger partial charge in [0.25, 0.3) is 5.56 Å². The number of nitrogens with zero attached hydrogens (tertiary/aromatic N) is 3. The van der Waals surface area contributed by atoms with E-state index in [4.69, 9.17) is 15.2 Å². The van der Waals surface area contributed by atoms with E-state index in [0.717, 1.165) is 42.8 Å². The van der Waals surface area contributed by atoms with Crippen LogP contribution in [0.15, 0.2) is 41.3 Å². The van der Waals surface area contributed by atoms with Crippen molar-refractivity contribution >= 4 is 11.6 Å². The number of carbonyl (C=O) groups is 1. The van der Waals surface area contributed by atoms with Gasteiger partial charge < -0.3 is 15.4 Å². The number of nitriles is 1. The fourth-order valence-corrected chi connectivity index (χ4v) is 3.39. The Balaban J connectivity index is 0.000000339. The zero-order valence-corrected chi connectivity index (χ0v) is 16.1. The lowest BCUT2D eigenvalue weighted by molar-refractivity contribution is -0.192. The molecule has 1 aliphatic heterocycles. The van der Waals surface area contributed by atoms with Crippen LogP contribution < -0.4 is 10.9 Å². The molecule has 8 nitrogen and oxygen atoms in total. The molecule has 1 fully saturated rings. The largest absolute Gasteiger partial charge is 0.490 e. The molecule has 3 aromatic rings. The van der Waals surface area contributed by atoms with Crippen LogP contribution in [-0.2, 0) is 4.79 Å². The summed E-state index contributed by atoms with van der Waals surface area (Å²) in [6.07, 6.45) is -1.33. The SMILES string of the molecule is N#Cc1cccc(-c2cnn3c(C4CCNCC4)cc(=O)[nH]c23)c1.O=C(O)C(F)(F)F. The van der Waals surface area contributed by atoms with Crippen molar-refractivity contribution in [1.82, 2.24) is 19.9 Å². The number of rotatable bonds is 2. The van der Waals surface area contributed by atoms with Gasteiger partial charge in [0.2, 0.25) is 0 Å². The number of H-pyrrole nitrogens is 1. The maximum Gasteiger partial charge on any atom is 0.490 e. The first-order valence-corrected chi connectivity index (χ1v) is 9.33. The zero-order valence-electron chi connectivity index (χ0n) is 16.1. The zero-order chi connectivity index (χ0) is 22.6. The lowest BCUT2D eigenvalue weighted by atomic mass is 9.94. The molecular formula is C20H18F3N5O3. The number of aromatic amines is 1. The van der Waals surface area contributed by atoms with Crippen LogP contribution >= 0.6 is 0 Å². The molecule has 0 radical (unpaired) electrons. The van der Waals surface area contributed by atoms with Gasteiger partial charge in [-0.1, -0.05) is 12.1 Å². The van der Waals surface area contributed by atoms with Crippen LogP contribution in [0.5, 0.6) is 0 Å². The minimum Gasteiger partial charge on any atom is -0.475 e. The van der Waals surface area contributed by atoms with Gasteiger partial charge in [0.05, 0.1) is 23.5 Å². The average Bonchev–Trinajstić information content (AvgIpc) is 3.17. The van der Waals surface area contributed by atoms with Crippen LogP contribution in [0.1, 0.15) is 30.0 Å². The lowest BCUT2D eigenvalue weighted by Gasteiger charge is -2.23. The minimum atomic E-state index is -5.08. The molecule has 1 saturated heterocycles. The molecule has 31 heavy (non-hydrogen) atoms. The van der Waals surface area contributed by atoms with E-state index < -0.39 is 12.1 Å². The van der Waals surface area contributed by atoms with Crippen LogP contribution in [-0.4, -0.2) is 44.9 Å². The quantitative estimate of drug-likeness (QED) is 0.571. The molecule has 0 spiro atoms. The third-order valence-electron chi connectivity index (χ3n) is 4.84. The van der Waals surface area contributed by atoms with Crippen molar-refractivity contribution in [1.29, 1.82) is 5.26 Å². The summed E-state index contributed by atoms with van der Waals surface area (Å²) in [7, 11) is 0. The molecule has 4 rings (SSSR count). The average molecular weight is 433 g/mol. The molecule has 1 aliphatic rings. The third kappa shape index (κ3) is 5.10. The normalized spacial score (nSPS) is 14.5. The Hall–Kier alpha value is -3.65. The Morgan fingerprint density at radius 3 is 2.55 bits per heavy atom. The molecule has 0 unspecified atom stereocenters. The molecule has 0 atom stereocenters. The summed E-state index contributed by atoms with van der Waals surface area (Å²) in [5.74, 6) is -2.43. The number of aromatic nitrogens is 3. The fraction of sp³-hybridized carbons (Fsp3) is 0.300.